The first-order valence-electron chi connectivity index (χ1n) is 14.3. The zero-order valence-corrected chi connectivity index (χ0v) is 25.4. The zero-order chi connectivity index (χ0) is 33.4. The Morgan fingerprint density at radius 2 is 0.766 bits per heavy atom. The number of guanidine groups is 1. The molecule has 47 heavy (non-hydrogen) atoms. The molecule has 0 aliphatic heterocycles. The third kappa shape index (κ3) is 10.4. The van der Waals surface area contributed by atoms with Gasteiger partial charge in [-0.1, -0.05) is 121 Å². The number of ether oxygens (including phenoxy) is 4. The first-order valence-corrected chi connectivity index (χ1v) is 14.3. The lowest BCUT2D eigenvalue weighted by Crippen LogP contribution is -2.54. The molecule has 4 aromatic carbocycles. The van der Waals surface area contributed by atoms with Crippen LogP contribution in [0.5, 0.6) is 0 Å². The van der Waals surface area contributed by atoms with E-state index in [1.165, 1.54) is 0 Å². The highest BCUT2D eigenvalue weighted by Gasteiger charge is 2.40. The predicted octanol–water partition coefficient (Wildman–Crippen LogP) is 6.84. The van der Waals surface area contributed by atoms with Crippen molar-refractivity contribution in [1.29, 1.82) is 0 Å². The number of aliphatic imine (C=N–C) groups is 1. The van der Waals surface area contributed by atoms with Crippen LogP contribution in [0.2, 0.25) is 0 Å². The minimum atomic E-state index is -1.40. The third-order valence-corrected chi connectivity index (χ3v) is 6.27. The van der Waals surface area contributed by atoms with E-state index in [1.807, 2.05) is 0 Å². The van der Waals surface area contributed by atoms with Gasteiger partial charge in [-0.3, -0.25) is 4.79 Å². The maximum atomic E-state index is 13.6. The molecule has 0 fully saturated rings. The van der Waals surface area contributed by atoms with Gasteiger partial charge in [0, 0.05) is 6.92 Å². The van der Waals surface area contributed by atoms with Gasteiger partial charge in [0.1, 0.15) is 26.4 Å². The van der Waals surface area contributed by atoms with Crippen LogP contribution in [0.25, 0.3) is 0 Å². The van der Waals surface area contributed by atoms with Gasteiger partial charge in [-0.2, -0.15) is 4.90 Å². The summed E-state index contributed by atoms with van der Waals surface area (Å²) in [5.41, 5.74) is 2.30. The summed E-state index contributed by atoms with van der Waals surface area (Å²) in [5.74, 6) is -2.11. The molecule has 4 rings (SSSR count). The second kappa shape index (κ2) is 17.3. The Bertz CT molecular complexity index is 1630. The van der Waals surface area contributed by atoms with Gasteiger partial charge in [-0.05, 0) is 22.3 Å². The standard InChI is InChI=1S/C35H31N3O9/c1-26(39)37(33(41)45-23-28-16-8-3-9-17-28)31(36-32(40)44-22-27-14-6-2-7-15-27)38(34(42)46-24-29-18-10-4-11-19-29)35(43)47-25-30-20-12-5-13-21-30/h2-21H,22-25H2,1H3. The number of benzene rings is 4. The highest BCUT2D eigenvalue weighted by atomic mass is 16.6. The van der Waals surface area contributed by atoms with Gasteiger partial charge in [0.2, 0.25) is 11.9 Å². The summed E-state index contributed by atoms with van der Waals surface area (Å²) < 4.78 is 21.2. The normalized spacial score (nSPS) is 10.7. The molecular formula is C35H31N3O9. The maximum Gasteiger partial charge on any atom is 0.437 e. The minimum Gasteiger partial charge on any atom is -0.444 e. The van der Waals surface area contributed by atoms with Gasteiger partial charge in [-0.15, -0.1) is 9.89 Å². The number of hydrogen-bond acceptors (Lipinski definition) is 9. The van der Waals surface area contributed by atoms with Crippen LogP contribution >= 0.6 is 0 Å². The summed E-state index contributed by atoms with van der Waals surface area (Å²) >= 11 is 0. The quantitative estimate of drug-likeness (QED) is 0.115. The van der Waals surface area contributed by atoms with Crippen molar-refractivity contribution in [3.8, 4) is 0 Å². The Kier molecular flexibility index (Phi) is 12.3. The van der Waals surface area contributed by atoms with Crippen LogP contribution in [-0.2, 0) is 50.2 Å². The summed E-state index contributed by atoms with van der Waals surface area (Å²) in [5, 5.41) is 0. The van der Waals surface area contributed by atoms with Crippen LogP contribution in [0, 0.1) is 0 Å². The molecule has 0 spiro atoms. The first kappa shape index (κ1) is 33.6. The van der Waals surface area contributed by atoms with E-state index in [0.29, 0.717) is 22.3 Å². The van der Waals surface area contributed by atoms with Crippen molar-refractivity contribution < 1.29 is 42.9 Å². The molecule has 12 nitrogen and oxygen atoms in total. The Hall–Kier alpha value is -6.30. The van der Waals surface area contributed by atoms with E-state index in [4.69, 9.17) is 18.9 Å². The molecule has 0 saturated carbocycles. The molecule has 0 bridgehead atoms. The van der Waals surface area contributed by atoms with Gasteiger partial charge in [0.05, 0.1) is 0 Å². The van der Waals surface area contributed by atoms with Crippen molar-refractivity contribution in [2.24, 2.45) is 4.99 Å². The SMILES string of the molecule is CC(=O)N(C(=O)OCc1ccccc1)C(=NC(=O)OCc1ccccc1)N(C(=O)OCc1ccccc1)C(=O)OCc1ccccc1. The minimum absolute atomic E-state index is 0.167. The number of nitrogens with zero attached hydrogens (tertiary/aromatic N) is 3. The van der Waals surface area contributed by atoms with Crippen molar-refractivity contribution in [3.63, 3.8) is 0 Å². The summed E-state index contributed by atoms with van der Waals surface area (Å²) in [7, 11) is 0. The molecule has 0 atom stereocenters. The summed E-state index contributed by atoms with van der Waals surface area (Å²) in [6, 6.07) is 34.2. The molecule has 240 valence electrons. The Labute approximate surface area is 270 Å². The van der Waals surface area contributed by atoms with E-state index in [9.17, 15) is 24.0 Å². The number of carbonyl (C=O) groups is 5. The van der Waals surface area contributed by atoms with Crippen LogP contribution in [0.3, 0.4) is 0 Å². The fourth-order valence-corrected chi connectivity index (χ4v) is 3.97. The van der Waals surface area contributed by atoms with Crippen molar-refractivity contribution in [1.82, 2.24) is 9.80 Å². The maximum absolute atomic E-state index is 13.6. The molecule has 0 aliphatic rings. The molecule has 4 aromatic rings. The fraction of sp³-hybridized carbons (Fsp3) is 0.143. The fourth-order valence-electron chi connectivity index (χ4n) is 3.97. The summed E-state index contributed by atoms with van der Waals surface area (Å²) in [6.07, 6.45) is -5.47. The smallest absolute Gasteiger partial charge is 0.437 e. The number of imide groups is 2. The lowest BCUT2D eigenvalue weighted by molar-refractivity contribution is -0.124. The van der Waals surface area contributed by atoms with Crippen molar-refractivity contribution in [3.05, 3.63) is 144 Å². The van der Waals surface area contributed by atoms with Crippen LogP contribution in [-0.4, -0.2) is 46.0 Å². The van der Waals surface area contributed by atoms with E-state index in [-0.39, 0.29) is 36.2 Å². The van der Waals surface area contributed by atoms with E-state index in [2.05, 4.69) is 4.99 Å². The highest BCUT2D eigenvalue weighted by Crippen LogP contribution is 2.14. The predicted molar refractivity (Wildman–Crippen MR) is 168 cm³/mol. The molecule has 0 N–H and O–H groups in total. The van der Waals surface area contributed by atoms with Crippen LogP contribution in [0.15, 0.2) is 126 Å². The molecule has 0 aliphatic carbocycles. The summed E-state index contributed by atoms with van der Waals surface area (Å²) in [4.78, 5) is 70.7. The highest BCUT2D eigenvalue weighted by molar-refractivity contribution is 6.19. The number of carbonyl (C=O) groups excluding carboxylic acids is 5. The monoisotopic (exact) mass is 637 g/mol. The van der Waals surface area contributed by atoms with Crippen molar-refractivity contribution in [2.45, 2.75) is 33.4 Å². The lowest BCUT2D eigenvalue weighted by atomic mass is 10.2. The topological polar surface area (TPSA) is 141 Å². The van der Waals surface area contributed by atoms with Gasteiger partial charge in [0.15, 0.2) is 0 Å². The first-order chi connectivity index (χ1) is 22.8. The van der Waals surface area contributed by atoms with E-state index in [1.54, 1.807) is 121 Å². The van der Waals surface area contributed by atoms with Gasteiger partial charge < -0.3 is 18.9 Å². The van der Waals surface area contributed by atoms with Crippen LogP contribution in [0.4, 0.5) is 19.2 Å². The van der Waals surface area contributed by atoms with Gasteiger partial charge in [0.25, 0.3) is 0 Å². The molecule has 0 unspecified atom stereocenters. The molecule has 0 aromatic heterocycles. The van der Waals surface area contributed by atoms with Gasteiger partial charge in [-0.25, -0.2) is 19.2 Å². The Balaban J connectivity index is 1.69. The van der Waals surface area contributed by atoms with E-state index >= 15 is 0 Å². The third-order valence-electron chi connectivity index (χ3n) is 6.27. The molecular weight excluding hydrogens is 606 g/mol. The molecule has 0 saturated heterocycles. The van der Waals surface area contributed by atoms with Gasteiger partial charge >= 0.3 is 24.4 Å². The van der Waals surface area contributed by atoms with Crippen LogP contribution < -0.4 is 0 Å². The summed E-state index contributed by atoms with van der Waals surface area (Å²) in [6.45, 7) is -0.200. The largest absolute Gasteiger partial charge is 0.444 e. The average molecular weight is 638 g/mol. The Morgan fingerprint density at radius 1 is 0.468 bits per heavy atom. The second-order valence-corrected chi connectivity index (χ2v) is 9.76. The second-order valence-electron chi connectivity index (χ2n) is 9.76. The number of hydrogen-bond donors (Lipinski definition) is 0. The average Bonchev–Trinajstić information content (AvgIpc) is 3.10. The molecule has 0 heterocycles. The number of rotatable bonds is 8. The zero-order valence-electron chi connectivity index (χ0n) is 25.4. The van der Waals surface area contributed by atoms with Crippen molar-refractivity contribution in [2.75, 3.05) is 0 Å². The lowest BCUT2D eigenvalue weighted by Gasteiger charge is -2.27. The molecule has 0 radical (unpaired) electrons. The van der Waals surface area contributed by atoms with E-state index < -0.39 is 36.2 Å². The number of amides is 5. The molecule has 12 heteroatoms. The van der Waals surface area contributed by atoms with Crippen LogP contribution in [0.1, 0.15) is 29.2 Å². The Morgan fingerprint density at radius 3 is 1.09 bits per heavy atom. The van der Waals surface area contributed by atoms with Crippen molar-refractivity contribution >= 4 is 36.2 Å². The molecule has 5 amide bonds. The van der Waals surface area contributed by atoms with E-state index in [0.717, 1.165) is 6.92 Å².